The van der Waals surface area contributed by atoms with Crippen molar-refractivity contribution >= 4 is 11.7 Å². The van der Waals surface area contributed by atoms with Crippen molar-refractivity contribution in [1.29, 1.82) is 0 Å². The molecule has 0 unspecified atom stereocenters. The summed E-state index contributed by atoms with van der Waals surface area (Å²) in [7, 11) is 0. The van der Waals surface area contributed by atoms with Gasteiger partial charge in [-0.3, -0.25) is 4.79 Å². The first-order valence-corrected chi connectivity index (χ1v) is 7.05. The van der Waals surface area contributed by atoms with Crippen LogP contribution in [0.5, 0.6) is 0 Å². The van der Waals surface area contributed by atoms with Crippen LogP contribution in [-0.2, 0) is 6.42 Å². The zero-order valence-corrected chi connectivity index (χ0v) is 12.8. The summed E-state index contributed by atoms with van der Waals surface area (Å²) in [5.41, 5.74) is 6.21. The third kappa shape index (κ3) is 4.81. The fourth-order valence-electron chi connectivity index (χ4n) is 2.10. The number of amides is 1. The Bertz CT molecular complexity index is 467. The fourth-order valence-corrected chi connectivity index (χ4v) is 2.10. The molecule has 1 aromatic rings. The van der Waals surface area contributed by atoms with Gasteiger partial charge in [-0.15, -0.1) is 0 Å². The third-order valence-electron chi connectivity index (χ3n) is 2.90. The standard InChI is InChI=1S/C15H25N3O2/c1-5-7-12-8-11(9-13(16)17-12)14(19)18(6-2)10-15(3,4)20/h8-9,20H,5-7,10H2,1-4H3,(H2,16,17). The zero-order chi connectivity index (χ0) is 15.3. The Morgan fingerprint density at radius 2 is 2.05 bits per heavy atom. The molecule has 0 aliphatic carbocycles. The topological polar surface area (TPSA) is 79.5 Å². The summed E-state index contributed by atoms with van der Waals surface area (Å²) in [5.74, 6) is 0.236. The van der Waals surface area contributed by atoms with Gasteiger partial charge in [-0.05, 0) is 39.3 Å². The van der Waals surface area contributed by atoms with Crippen LogP contribution in [0.25, 0.3) is 0 Å². The first-order chi connectivity index (χ1) is 9.26. The van der Waals surface area contributed by atoms with Crippen molar-refractivity contribution in [3.63, 3.8) is 0 Å². The molecule has 0 aliphatic heterocycles. The fraction of sp³-hybridized carbons (Fsp3) is 0.600. The lowest BCUT2D eigenvalue weighted by Crippen LogP contribution is -2.42. The molecule has 0 bridgehead atoms. The Morgan fingerprint density at radius 1 is 1.40 bits per heavy atom. The molecule has 1 heterocycles. The highest BCUT2D eigenvalue weighted by Crippen LogP contribution is 2.14. The lowest BCUT2D eigenvalue weighted by atomic mass is 10.1. The number of likely N-dealkylation sites (N-methyl/N-ethyl adjacent to an activating group) is 1. The van der Waals surface area contributed by atoms with Gasteiger partial charge in [-0.2, -0.15) is 0 Å². The van der Waals surface area contributed by atoms with Crippen LogP contribution in [0.15, 0.2) is 12.1 Å². The SMILES string of the molecule is CCCc1cc(C(=O)N(CC)CC(C)(C)O)cc(N)n1. The van der Waals surface area contributed by atoms with E-state index in [9.17, 15) is 9.90 Å². The normalized spacial score (nSPS) is 11.4. The molecule has 1 aromatic heterocycles. The number of nitrogens with two attached hydrogens (primary N) is 1. The van der Waals surface area contributed by atoms with Gasteiger partial charge in [0, 0.05) is 24.3 Å². The molecule has 0 spiro atoms. The van der Waals surface area contributed by atoms with Gasteiger partial charge < -0.3 is 15.7 Å². The molecule has 0 aromatic carbocycles. The maximum absolute atomic E-state index is 12.5. The van der Waals surface area contributed by atoms with Crippen LogP contribution in [0, 0.1) is 0 Å². The van der Waals surface area contributed by atoms with E-state index in [-0.39, 0.29) is 12.5 Å². The number of aliphatic hydroxyl groups is 1. The van der Waals surface area contributed by atoms with Crippen LogP contribution >= 0.6 is 0 Å². The molecule has 0 radical (unpaired) electrons. The number of carbonyl (C=O) groups is 1. The molecule has 112 valence electrons. The Hall–Kier alpha value is -1.62. The molecular weight excluding hydrogens is 254 g/mol. The summed E-state index contributed by atoms with van der Waals surface area (Å²) in [6.45, 7) is 8.14. The predicted octanol–water partition coefficient (Wildman–Crippen LogP) is 1.85. The quantitative estimate of drug-likeness (QED) is 0.833. The minimum absolute atomic E-state index is 0.124. The molecule has 0 saturated carbocycles. The van der Waals surface area contributed by atoms with Crippen molar-refractivity contribution in [3.05, 3.63) is 23.4 Å². The van der Waals surface area contributed by atoms with Crippen LogP contribution in [0.3, 0.4) is 0 Å². The van der Waals surface area contributed by atoms with Gasteiger partial charge in [0.05, 0.1) is 5.60 Å². The van der Waals surface area contributed by atoms with E-state index in [1.54, 1.807) is 30.9 Å². The molecule has 0 aliphatic rings. The molecule has 0 saturated heterocycles. The summed E-state index contributed by atoms with van der Waals surface area (Å²) < 4.78 is 0. The highest BCUT2D eigenvalue weighted by atomic mass is 16.3. The summed E-state index contributed by atoms with van der Waals surface area (Å²) in [4.78, 5) is 18.3. The van der Waals surface area contributed by atoms with Gasteiger partial charge in [0.2, 0.25) is 0 Å². The van der Waals surface area contributed by atoms with E-state index in [0.29, 0.717) is 17.9 Å². The molecule has 3 N–H and O–H groups in total. The second-order valence-corrected chi connectivity index (χ2v) is 5.65. The minimum atomic E-state index is -0.920. The monoisotopic (exact) mass is 279 g/mol. The van der Waals surface area contributed by atoms with Gasteiger partial charge >= 0.3 is 0 Å². The Kier molecular flexibility index (Phi) is 5.51. The maximum Gasteiger partial charge on any atom is 0.254 e. The smallest absolute Gasteiger partial charge is 0.254 e. The average Bonchev–Trinajstić information content (AvgIpc) is 2.33. The number of hydrogen-bond donors (Lipinski definition) is 2. The molecule has 0 fully saturated rings. The molecule has 1 rings (SSSR count). The summed E-state index contributed by atoms with van der Waals surface area (Å²) in [6.07, 6.45) is 1.74. The summed E-state index contributed by atoms with van der Waals surface area (Å²) in [5, 5.41) is 9.88. The zero-order valence-electron chi connectivity index (χ0n) is 12.8. The van der Waals surface area contributed by atoms with Crippen molar-refractivity contribution in [2.45, 2.75) is 46.1 Å². The van der Waals surface area contributed by atoms with E-state index in [1.165, 1.54) is 0 Å². The number of rotatable bonds is 6. The maximum atomic E-state index is 12.5. The van der Waals surface area contributed by atoms with E-state index >= 15 is 0 Å². The lowest BCUT2D eigenvalue weighted by molar-refractivity contribution is 0.0314. The third-order valence-corrected chi connectivity index (χ3v) is 2.90. The van der Waals surface area contributed by atoms with Crippen molar-refractivity contribution in [2.24, 2.45) is 0 Å². The van der Waals surface area contributed by atoms with Crippen LogP contribution < -0.4 is 5.73 Å². The van der Waals surface area contributed by atoms with Gasteiger partial charge in [0.15, 0.2) is 0 Å². The Morgan fingerprint density at radius 3 is 2.55 bits per heavy atom. The molecular formula is C15H25N3O2. The summed E-state index contributed by atoms with van der Waals surface area (Å²) >= 11 is 0. The average molecular weight is 279 g/mol. The number of aromatic nitrogens is 1. The Labute approximate surface area is 120 Å². The highest BCUT2D eigenvalue weighted by molar-refractivity contribution is 5.95. The lowest BCUT2D eigenvalue weighted by Gasteiger charge is -2.28. The molecule has 20 heavy (non-hydrogen) atoms. The van der Waals surface area contributed by atoms with Crippen LogP contribution in [-0.4, -0.2) is 39.6 Å². The van der Waals surface area contributed by atoms with Gasteiger partial charge in [0.1, 0.15) is 5.82 Å². The first-order valence-electron chi connectivity index (χ1n) is 7.05. The molecule has 5 heteroatoms. The summed E-state index contributed by atoms with van der Waals surface area (Å²) in [6, 6.07) is 3.38. The second kappa shape index (κ2) is 6.70. The second-order valence-electron chi connectivity index (χ2n) is 5.65. The minimum Gasteiger partial charge on any atom is -0.389 e. The van der Waals surface area contributed by atoms with Crippen molar-refractivity contribution in [3.8, 4) is 0 Å². The molecule has 1 amide bonds. The van der Waals surface area contributed by atoms with E-state index in [1.807, 2.05) is 6.92 Å². The first kappa shape index (κ1) is 16.4. The van der Waals surface area contributed by atoms with Gasteiger partial charge in [-0.25, -0.2) is 4.98 Å². The number of aryl methyl sites for hydroxylation is 1. The van der Waals surface area contributed by atoms with Crippen LogP contribution in [0.4, 0.5) is 5.82 Å². The van der Waals surface area contributed by atoms with Crippen LogP contribution in [0.2, 0.25) is 0 Å². The van der Waals surface area contributed by atoms with Gasteiger partial charge in [-0.1, -0.05) is 13.3 Å². The molecule has 5 nitrogen and oxygen atoms in total. The number of pyridine rings is 1. The van der Waals surface area contributed by atoms with Crippen LogP contribution in [0.1, 0.15) is 50.2 Å². The van der Waals surface area contributed by atoms with E-state index in [4.69, 9.17) is 5.73 Å². The van der Waals surface area contributed by atoms with Crippen molar-refractivity contribution in [1.82, 2.24) is 9.88 Å². The van der Waals surface area contributed by atoms with Crippen molar-refractivity contribution in [2.75, 3.05) is 18.8 Å². The largest absolute Gasteiger partial charge is 0.389 e. The number of carbonyl (C=O) groups excluding carboxylic acids is 1. The number of nitrogens with zero attached hydrogens (tertiary/aromatic N) is 2. The van der Waals surface area contributed by atoms with Crippen molar-refractivity contribution < 1.29 is 9.90 Å². The highest BCUT2D eigenvalue weighted by Gasteiger charge is 2.22. The molecule has 0 atom stereocenters. The number of hydrogen-bond acceptors (Lipinski definition) is 4. The number of nitrogen functional groups attached to an aromatic ring is 1. The van der Waals surface area contributed by atoms with E-state index in [2.05, 4.69) is 11.9 Å². The Balaban J connectivity index is 3.00. The predicted molar refractivity (Wildman–Crippen MR) is 80.5 cm³/mol. The van der Waals surface area contributed by atoms with E-state index in [0.717, 1.165) is 18.5 Å². The van der Waals surface area contributed by atoms with E-state index < -0.39 is 5.60 Å². The van der Waals surface area contributed by atoms with Gasteiger partial charge in [0.25, 0.3) is 5.91 Å². The number of anilines is 1.